The topological polar surface area (TPSA) is 88.9 Å². The van der Waals surface area contributed by atoms with E-state index >= 15 is 0 Å². The van der Waals surface area contributed by atoms with Crippen LogP contribution < -0.4 is 5.56 Å². The van der Waals surface area contributed by atoms with Gasteiger partial charge in [0.2, 0.25) is 0 Å². The highest BCUT2D eigenvalue weighted by Gasteiger charge is 2.33. The molecule has 1 aromatic heterocycles. The Morgan fingerprint density at radius 3 is 2.68 bits per heavy atom. The van der Waals surface area contributed by atoms with Gasteiger partial charge in [-0.25, -0.2) is 4.98 Å². The van der Waals surface area contributed by atoms with Crippen LogP contribution in [0.4, 0.5) is 18.9 Å². The molecular weight excluding hydrogens is 323 g/mol. The first-order valence-corrected chi connectivity index (χ1v) is 6.79. The monoisotopic (exact) mass is 331 g/mol. The summed E-state index contributed by atoms with van der Waals surface area (Å²) in [4.78, 5) is 26.8. The molecule has 1 heterocycles. The standard InChI is InChI=1S/C12H8F3N3O3S/c13-12(14,15)9-5-10(19)17-11(16-9)22-6-7-2-1-3-8(4-7)18(20)21/h1-5H,6H2,(H,16,17,19). The second-order valence-corrected chi connectivity index (χ2v) is 5.11. The molecule has 6 nitrogen and oxygen atoms in total. The van der Waals surface area contributed by atoms with Crippen molar-refractivity contribution >= 4 is 17.4 Å². The van der Waals surface area contributed by atoms with E-state index in [1.807, 2.05) is 0 Å². The van der Waals surface area contributed by atoms with Crippen LogP contribution in [0.3, 0.4) is 0 Å². The molecule has 10 heteroatoms. The summed E-state index contributed by atoms with van der Waals surface area (Å²) in [5.41, 5.74) is -1.79. The van der Waals surface area contributed by atoms with E-state index in [-0.39, 0.29) is 16.6 Å². The first kappa shape index (κ1) is 16.0. The van der Waals surface area contributed by atoms with Gasteiger partial charge in [-0.15, -0.1) is 0 Å². The molecule has 2 rings (SSSR count). The van der Waals surface area contributed by atoms with Gasteiger partial charge in [0.25, 0.3) is 11.2 Å². The molecule has 0 atom stereocenters. The zero-order valence-corrected chi connectivity index (χ0v) is 11.6. The Labute approximate surface area is 125 Å². The molecule has 22 heavy (non-hydrogen) atoms. The van der Waals surface area contributed by atoms with Gasteiger partial charge in [0.1, 0.15) is 0 Å². The van der Waals surface area contributed by atoms with Crippen LogP contribution in [0.15, 0.2) is 40.3 Å². The fraction of sp³-hybridized carbons (Fsp3) is 0.167. The van der Waals surface area contributed by atoms with E-state index < -0.39 is 22.4 Å². The minimum absolute atomic E-state index is 0.122. The Hall–Kier alpha value is -2.36. The van der Waals surface area contributed by atoms with Gasteiger partial charge in [-0.2, -0.15) is 13.2 Å². The number of aromatic amines is 1. The number of halogens is 3. The zero-order valence-electron chi connectivity index (χ0n) is 10.8. The maximum absolute atomic E-state index is 12.6. The number of thioether (sulfide) groups is 1. The number of nitrogens with one attached hydrogen (secondary N) is 1. The van der Waals surface area contributed by atoms with E-state index in [2.05, 4.69) is 9.97 Å². The lowest BCUT2D eigenvalue weighted by molar-refractivity contribution is -0.384. The number of hydrogen-bond acceptors (Lipinski definition) is 5. The van der Waals surface area contributed by atoms with Gasteiger partial charge in [0, 0.05) is 24.0 Å². The number of alkyl halides is 3. The number of nitro benzene ring substituents is 1. The van der Waals surface area contributed by atoms with Crippen molar-refractivity contribution < 1.29 is 18.1 Å². The summed E-state index contributed by atoms with van der Waals surface area (Å²) in [6.07, 6.45) is -4.71. The average Bonchev–Trinajstić information content (AvgIpc) is 2.44. The second kappa shape index (κ2) is 6.18. The van der Waals surface area contributed by atoms with E-state index in [1.165, 1.54) is 18.2 Å². The molecule has 0 radical (unpaired) electrons. The number of benzene rings is 1. The molecule has 0 aliphatic rings. The van der Waals surface area contributed by atoms with Crippen molar-refractivity contribution in [2.45, 2.75) is 17.1 Å². The predicted octanol–water partition coefficient (Wildman–Crippen LogP) is 2.99. The van der Waals surface area contributed by atoms with Crippen molar-refractivity contribution in [2.75, 3.05) is 0 Å². The second-order valence-electron chi connectivity index (χ2n) is 4.15. The van der Waals surface area contributed by atoms with Gasteiger partial charge in [0.05, 0.1) is 4.92 Å². The lowest BCUT2D eigenvalue weighted by Gasteiger charge is -2.07. The number of rotatable bonds is 4. The summed E-state index contributed by atoms with van der Waals surface area (Å²) in [5, 5.41) is 10.4. The molecule has 1 N–H and O–H groups in total. The van der Waals surface area contributed by atoms with E-state index in [1.54, 1.807) is 6.07 Å². The summed E-state index contributed by atoms with van der Waals surface area (Å²) in [6, 6.07) is 6.04. The Morgan fingerprint density at radius 2 is 2.05 bits per heavy atom. The van der Waals surface area contributed by atoms with Gasteiger partial charge in [0.15, 0.2) is 10.9 Å². The van der Waals surface area contributed by atoms with Crippen molar-refractivity contribution in [3.8, 4) is 0 Å². The average molecular weight is 331 g/mol. The van der Waals surface area contributed by atoms with Crippen molar-refractivity contribution in [1.82, 2.24) is 9.97 Å². The molecule has 0 spiro atoms. The van der Waals surface area contributed by atoms with Crippen LogP contribution in [0.5, 0.6) is 0 Å². The normalized spacial score (nSPS) is 11.4. The quantitative estimate of drug-likeness (QED) is 0.403. The number of non-ortho nitro benzene ring substituents is 1. The molecule has 1 aromatic carbocycles. The SMILES string of the molecule is O=c1cc(C(F)(F)F)nc(SCc2cccc([N+](=O)[O-])c2)[nH]1. The van der Waals surface area contributed by atoms with Crippen LogP contribution in [-0.2, 0) is 11.9 Å². The maximum atomic E-state index is 12.6. The molecular formula is C12H8F3N3O3S. The summed E-state index contributed by atoms with van der Waals surface area (Å²) in [5.74, 6) is 0.131. The van der Waals surface area contributed by atoms with E-state index in [9.17, 15) is 28.1 Å². The highest BCUT2D eigenvalue weighted by molar-refractivity contribution is 7.98. The lowest BCUT2D eigenvalue weighted by Crippen LogP contribution is -2.16. The van der Waals surface area contributed by atoms with E-state index in [0.717, 1.165) is 11.8 Å². The molecule has 116 valence electrons. The van der Waals surface area contributed by atoms with Gasteiger partial charge in [-0.1, -0.05) is 23.9 Å². The van der Waals surface area contributed by atoms with Gasteiger partial charge in [-0.3, -0.25) is 14.9 Å². The largest absolute Gasteiger partial charge is 0.433 e. The van der Waals surface area contributed by atoms with Crippen LogP contribution in [0.2, 0.25) is 0 Å². The zero-order chi connectivity index (χ0) is 16.3. The summed E-state index contributed by atoms with van der Waals surface area (Å²) in [7, 11) is 0. The van der Waals surface area contributed by atoms with Crippen LogP contribution in [0.25, 0.3) is 0 Å². The van der Waals surface area contributed by atoms with Crippen molar-refractivity contribution in [3.63, 3.8) is 0 Å². The molecule has 0 unspecified atom stereocenters. The first-order chi connectivity index (χ1) is 10.3. The molecule has 0 saturated carbocycles. The lowest BCUT2D eigenvalue weighted by atomic mass is 10.2. The Bertz CT molecular complexity index is 761. The maximum Gasteiger partial charge on any atom is 0.433 e. The summed E-state index contributed by atoms with van der Waals surface area (Å²) in [6.45, 7) is 0. The predicted molar refractivity (Wildman–Crippen MR) is 72.5 cm³/mol. The minimum atomic E-state index is -4.71. The van der Waals surface area contributed by atoms with Crippen LogP contribution in [0, 0.1) is 10.1 Å². The molecule has 0 amide bonds. The van der Waals surface area contributed by atoms with Gasteiger partial charge < -0.3 is 4.98 Å². The van der Waals surface area contributed by atoms with Crippen molar-refractivity contribution in [2.24, 2.45) is 0 Å². The summed E-state index contributed by atoms with van der Waals surface area (Å²) < 4.78 is 37.7. The van der Waals surface area contributed by atoms with Crippen LogP contribution >= 0.6 is 11.8 Å². The number of aromatic nitrogens is 2. The summed E-state index contributed by atoms with van der Waals surface area (Å²) >= 11 is 0.849. The van der Waals surface area contributed by atoms with Crippen LogP contribution in [-0.4, -0.2) is 14.9 Å². The molecule has 0 bridgehead atoms. The number of nitro groups is 1. The Balaban J connectivity index is 2.18. The van der Waals surface area contributed by atoms with E-state index in [0.29, 0.717) is 11.6 Å². The molecule has 0 fully saturated rings. The van der Waals surface area contributed by atoms with Crippen LogP contribution in [0.1, 0.15) is 11.3 Å². The molecule has 2 aromatic rings. The molecule has 0 saturated heterocycles. The minimum Gasteiger partial charge on any atom is -0.301 e. The van der Waals surface area contributed by atoms with Crippen molar-refractivity contribution in [1.29, 1.82) is 0 Å². The number of nitrogens with zero attached hydrogens (tertiary/aromatic N) is 2. The highest BCUT2D eigenvalue weighted by atomic mass is 32.2. The van der Waals surface area contributed by atoms with E-state index in [4.69, 9.17) is 0 Å². The third-order valence-electron chi connectivity index (χ3n) is 2.51. The van der Waals surface area contributed by atoms with Crippen molar-refractivity contribution in [3.05, 3.63) is 62.1 Å². The third-order valence-corrected chi connectivity index (χ3v) is 3.45. The third kappa shape index (κ3) is 4.07. The fourth-order valence-electron chi connectivity index (χ4n) is 1.56. The number of hydrogen-bond donors (Lipinski definition) is 1. The molecule has 0 aliphatic carbocycles. The Morgan fingerprint density at radius 1 is 1.32 bits per heavy atom. The Kier molecular flexibility index (Phi) is 4.50. The smallest absolute Gasteiger partial charge is 0.301 e. The highest BCUT2D eigenvalue weighted by Crippen LogP contribution is 2.28. The molecule has 0 aliphatic heterocycles. The fourth-order valence-corrected chi connectivity index (χ4v) is 2.38. The number of H-pyrrole nitrogens is 1. The first-order valence-electron chi connectivity index (χ1n) is 5.80. The van der Waals surface area contributed by atoms with Gasteiger partial charge >= 0.3 is 6.18 Å². The van der Waals surface area contributed by atoms with Gasteiger partial charge in [-0.05, 0) is 5.56 Å².